The molecule has 49 heavy (non-hydrogen) atoms. The third-order valence-electron chi connectivity index (χ3n) is 8.87. The summed E-state index contributed by atoms with van der Waals surface area (Å²) in [6.45, 7) is 5.74. The molecule has 1 fully saturated rings. The van der Waals surface area contributed by atoms with Crippen LogP contribution in [0.2, 0.25) is 5.02 Å². The molecule has 2 aliphatic rings. The number of para-hydroxylation sites is 1. The van der Waals surface area contributed by atoms with Crippen molar-refractivity contribution in [3.63, 3.8) is 0 Å². The number of halogens is 1. The van der Waals surface area contributed by atoms with Crippen LogP contribution < -0.4 is 24.4 Å². The monoisotopic (exact) mass is 704 g/mol. The van der Waals surface area contributed by atoms with Gasteiger partial charge in [0.1, 0.15) is 27.6 Å². The van der Waals surface area contributed by atoms with Gasteiger partial charge in [0.05, 0.1) is 42.8 Å². The van der Waals surface area contributed by atoms with Gasteiger partial charge >= 0.3 is 0 Å². The fourth-order valence-electron chi connectivity index (χ4n) is 6.52. The van der Waals surface area contributed by atoms with Crippen LogP contribution in [0, 0.1) is 0 Å². The molecule has 1 saturated heterocycles. The summed E-state index contributed by atoms with van der Waals surface area (Å²) < 4.78 is 45.6. The van der Waals surface area contributed by atoms with E-state index in [0.717, 1.165) is 5.69 Å². The van der Waals surface area contributed by atoms with Crippen molar-refractivity contribution in [1.82, 2.24) is 9.88 Å². The molecule has 0 saturated carbocycles. The topological polar surface area (TPSA) is 127 Å². The fraction of sp³-hybridized carbons (Fsp3) is 0.306. The van der Waals surface area contributed by atoms with Crippen molar-refractivity contribution < 1.29 is 32.2 Å². The second-order valence-electron chi connectivity index (χ2n) is 12.1. The molecule has 1 aromatic heterocycles. The summed E-state index contributed by atoms with van der Waals surface area (Å²) in [5.41, 5.74) is 0.0261. The number of nitrogens with one attached hydrogen (secondary N) is 1. The molecule has 11 nitrogen and oxygen atoms in total. The second kappa shape index (κ2) is 13.6. The molecule has 6 rings (SSSR count). The van der Waals surface area contributed by atoms with Gasteiger partial charge in [0.15, 0.2) is 0 Å². The Labute approximate surface area is 290 Å². The second-order valence-corrected chi connectivity index (χ2v) is 14.4. The van der Waals surface area contributed by atoms with Gasteiger partial charge in [0.2, 0.25) is 21.7 Å². The van der Waals surface area contributed by atoms with E-state index in [0.29, 0.717) is 43.2 Å². The first-order chi connectivity index (χ1) is 23.5. The van der Waals surface area contributed by atoms with Crippen LogP contribution in [-0.2, 0) is 24.8 Å². The molecule has 1 N–H and O–H groups in total. The summed E-state index contributed by atoms with van der Waals surface area (Å²) in [5, 5.41) is 2.93. The lowest BCUT2D eigenvalue weighted by atomic mass is 9.72. The number of piperazine rings is 1. The first-order valence-electron chi connectivity index (χ1n) is 15.8. The average molecular weight is 705 g/mol. The number of rotatable bonds is 10. The predicted octanol–water partition coefficient (Wildman–Crippen LogP) is 5.35. The predicted molar refractivity (Wildman–Crippen MR) is 186 cm³/mol. The molecule has 1 unspecified atom stereocenters. The Kier molecular flexibility index (Phi) is 9.45. The van der Waals surface area contributed by atoms with Crippen molar-refractivity contribution in [2.24, 2.45) is 0 Å². The lowest BCUT2D eigenvalue weighted by Crippen LogP contribution is -2.51. The Bertz CT molecular complexity index is 2000. The molecule has 0 bridgehead atoms. The number of carbonyl (C=O) groups excluding carboxylic acids is 2. The maximum atomic E-state index is 14.5. The van der Waals surface area contributed by atoms with Crippen LogP contribution in [0.4, 0.5) is 11.4 Å². The number of pyridine rings is 1. The molecule has 256 valence electrons. The number of hydrogen-bond donors (Lipinski definition) is 1. The standard InChI is InChI=1S/C36H37ClN4O7S/c1-23(2)48-29-10-6-5-9-27(29)36(21-33(42)41-16-14-40(15-17-41)25-8-7-13-38-22-25)28-18-24(37)19-32(34(28)39-35(36)43)49(44,45)31-12-11-26(46-3)20-30(31)47-4/h5-13,18-20,22-23H,14-17,21H2,1-4H3,(H,39,43). The Morgan fingerprint density at radius 1 is 0.939 bits per heavy atom. The van der Waals surface area contributed by atoms with Gasteiger partial charge in [-0.3, -0.25) is 14.6 Å². The van der Waals surface area contributed by atoms with E-state index in [4.69, 9.17) is 25.8 Å². The van der Waals surface area contributed by atoms with Crippen LogP contribution >= 0.6 is 11.6 Å². The minimum atomic E-state index is -4.34. The summed E-state index contributed by atoms with van der Waals surface area (Å²) in [4.78, 5) is 36.6. The van der Waals surface area contributed by atoms with Crippen molar-refractivity contribution in [2.75, 3.05) is 50.6 Å². The molecule has 2 aliphatic heterocycles. The third kappa shape index (κ3) is 6.26. The molecule has 2 amide bonds. The van der Waals surface area contributed by atoms with Crippen LogP contribution in [0.3, 0.4) is 0 Å². The molecule has 13 heteroatoms. The van der Waals surface area contributed by atoms with Crippen molar-refractivity contribution >= 4 is 44.6 Å². The molecule has 4 aromatic rings. The molecule has 0 spiro atoms. The molecule has 1 atom stereocenters. The summed E-state index contributed by atoms with van der Waals surface area (Å²) in [7, 11) is -1.52. The molecule has 0 aliphatic carbocycles. The highest BCUT2D eigenvalue weighted by Gasteiger charge is 2.53. The minimum Gasteiger partial charge on any atom is -0.497 e. The van der Waals surface area contributed by atoms with Gasteiger partial charge in [0, 0.05) is 55.4 Å². The van der Waals surface area contributed by atoms with Gasteiger partial charge in [-0.05, 0) is 61.9 Å². The minimum absolute atomic E-state index is 0.0424. The molecular weight excluding hydrogens is 668 g/mol. The number of aromatic nitrogens is 1. The van der Waals surface area contributed by atoms with E-state index in [1.165, 1.54) is 38.5 Å². The van der Waals surface area contributed by atoms with E-state index in [-0.39, 0.29) is 50.2 Å². The van der Waals surface area contributed by atoms with Gasteiger partial charge in [-0.25, -0.2) is 8.42 Å². The zero-order chi connectivity index (χ0) is 34.9. The highest BCUT2D eigenvalue weighted by atomic mass is 35.5. The number of carbonyl (C=O) groups is 2. The quantitative estimate of drug-likeness (QED) is 0.233. The Balaban J connectivity index is 1.47. The number of ether oxygens (including phenoxy) is 3. The zero-order valence-corrected chi connectivity index (χ0v) is 29.2. The van der Waals surface area contributed by atoms with Gasteiger partial charge in [0.25, 0.3) is 0 Å². The first kappa shape index (κ1) is 34.1. The molecule has 3 heterocycles. The number of fused-ring (bicyclic) bond motifs is 1. The van der Waals surface area contributed by atoms with Gasteiger partial charge < -0.3 is 29.3 Å². The number of amides is 2. The molecule has 3 aromatic carbocycles. The summed E-state index contributed by atoms with van der Waals surface area (Å²) in [6, 6.07) is 18.1. The number of sulfone groups is 1. The van der Waals surface area contributed by atoms with E-state index in [2.05, 4.69) is 15.2 Å². The maximum absolute atomic E-state index is 14.5. The van der Waals surface area contributed by atoms with Crippen molar-refractivity contribution in [3.05, 3.63) is 95.3 Å². The first-order valence-corrected chi connectivity index (χ1v) is 17.7. The number of anilines is 2. The highest BCUT2D eigenvalue weighted by molar-refractivity contribution is 7.91. The van der Waals surface area contributed by atoms with Crippen LogP contribution in [-0.4, -0.2) is 76.6 Å². The molecular formula is C36H37ClN4O7S. The lowest BCUT2D eigenvalue weighted by molar-refractivity contribution is -0.135. The van der Waals surface area contributed by atoms with Gasteiger partial charge in [-0.15, -0.1) is 0 Å². The number of benzene rings is 3. The van der Waals surface area contributed by atoms with Gasteiger partial charge in [-0.2, -0.15) is 0 Å². The zero-order valence-electron chi connectivity index (χ0n) is 27.6. The average Bonchev–Trinajstić information content (AvgIpc) is 3.38. The smallest absolute Gasteiger partial charge is 0.240 e. The van der Waals surface area contributed by atoms with E-state index in [1.54, 1.807) is 47.6 Å². The summed E-state index contributed by atoms with van der Waals surface area (Å²) in [6.07, 6.45) is 2.96. The maximum Gasteiger partial charge on any atom is 0.240 e. The Hall–Kier alpha value is -4.81. The van der Waals surface area contributed by atoms with E-state index >= 15 is 0 Å². The van der Waals surface area contributed by atoms with E-state index < -0.39 is 21.2 Å². The van der Waals surface area contributed by atoms with E-state index in [9.17, 15) is 18.0 Å². The van der Waals surface area contributed by atoms with Crippen LogP contribution in [0.1, 0.15) is 31.4 Å². The summed E-state index contributed by atoms with van der Waals surface area (Å²) in [5.74, 6) is 0.0243. The van der Waals surface area contributed by atoms with Crippen molar-refractivity contribution in [2.45, 2.75) is 41.6 Å². The molecule has 0 radical (unpaired) electrons. The fourth-order valence-corrected chi connectivity index (χ4v) is 8.41. The normalized spacial score (nSPS) is 17.5. The van der Waals surface area contributed by atoms with Crippen molar-refractivity contribution in [1.29, 1.82) is 0 Å². The Morgan fingerprint density at radius 2 is 1.69 bits per heavy atom. The number of methoxy groups -OCH3 is 2. The van der Waals surface area contributed by atoms with Crippen LogP contribution in [0.15, 0.2) is 88.9 Å². The van der Waals surface area contributed by atoms with Crippen LogP contribution in [0.5, 0.6) is 17.2 Å². The number of hydrogen-bond acceptors (Lipinski definition) is 9. The van der Waals surface area contributed by atoms with Crippen molar-refractivity contribution in [3.8, 4) is 17.2 Å². The number of nitrogens with zero attached hydrogens (tertiary/aromatic N) is 3. The largest absolute Gasteiger partial charge is 0.497 e. The van der Waals surface area contributed by atoms with Crippen LogP contribution in [0.25, 0.3) is 0 Å². The summed E-state index contributed by atoms with van der Waals surface area (Å²) >= 11 is 6.70. The highest BCUT2D eigenvalue weighted by Crippen LogP contribution is 2.52. The third-order valence-corrected chi connectivity index (χ3v) is 10.9. The SMILES string of the molecule is COc1ccc(S(=O)(=O)c2cc(Cl)cc3c2NC(=O)C3(CC(=O)N2CCN(c3cccnc3)CC2)c2ccccc2OC(C)C)c(OC)c1. The van der Waals surface area contributed by atoms with E-state index in [1.807, 2.05) is 26.0 Å². The Morgan fingerprint density at radius 3 is 2.37 bits per heavy atom. The van der Waals surface area contributed by atoms with Gasteiger partial charge in [-0.1, -0.05) is 29.8 Å². The lowest BCUT2D eigenvalue weighted by Gasteiger charge is -2.38.